The molecule has 1 aromatic carbocycles. The van der Waals surface area contributed by atoms with Gasteiger partial charge >= 0.3 is 5.97 Å². The van der Waals surface area contributed by atoms with Gasteiger partial charge in [-0.3, -0.25) is 24.0 Å². The van der Waals surface area contributed by atoms with Crippen molar-refractivity contribution in [3.05, 3.63) is 29.8 Å². The smallest absolute Gasteiger partial charge is 0.326 e. The van der Waals surface area contributed by atoms with E-state index < -0.39 is 77.7 Å². The Kier molecular flexibility index (Phi) is 15.3. The van der Waals surface area contributed by atoms with Gasteiger partial charge in [0.05, 0.1) is 6.04 Å². The molecular weight excluding hydrogens is 620 g/mol. The molecule has 0 unspecified atom stereocenters. The minimum Gasteiger partial charge on any atom is -0.508 e. The van der Waals surface area contributed by atoms with Crippen molar-refractivity contribution in [2.45, 2.75) is 117 Å². The Morgan fingerprint density at radius 1 is 0.792 bits per heavy atom. The summed E-state index contributed by atoms with van der Waals surface area (Å²) >= 11 is 0. The highest BCUT2D eigenvalue weighted by Gasteiger charge is 2.40. The van der Waals surface area contributed by atoms with Gasteiger partial charge in [0.25, 0.3) is 0 Å². The number of nitrogens with one attached hydrogen (secondary N) is 4. The fraction of sp³-hybridized carbons (Fsp3) is 0.647. The number of amides is 5. The Bertz CT molecular complexity index is 1280. The SMILES string of the molecule is CC(C)C[C@H](NC(=O)[C@H](C)N)C(=O)N[C@@H](CC(C)C)C(=O)N1CCC[C@H]1C(=O)N[C@@H](Cc1ccc(O)cc1)C(=O)N[C@H](C(=O)O)C(C)C. The minimum atomic E-state index is -1.22. The zero-order valence-electron chi connectivity index (χ0n) is 29.1. The van der Waals surface area contributed by atoms with E-state index in [-0.39, 0.29) is 37.0 Å². The monoisotopic (exact) mass is 674 g/mol. The van der Waals surface area contributed by atoms with Gasteiger partial charge in [-0.05, 0) is 68.1 Å². The molecule has 48 heavy (non-hydrogen) atoms. The first kappa shape index (κ1) is 40.0. The van der Waals surface area contributed by atoms with Crippen LogP contribution >= 0.6 is 0 Å². The number of nitrogens with zero attached hydrogens (tertiary/aromatic N) is 1. The number of carbonyl (C=O) groups is 6. The van der Waals surface area contributed by atoms with E-state index in [1.807, 2.05) is 27.7 Å². The number of aromatic hydroxyl groups is 1. The van der Waals surface area contributed by atoms with E-state index >= 15 is 0 Å². The Morgan fingerprint density at radius 2 is 1.33 bits per heavy atom. The first-order valence-corrected chi connectivity index (χ1v) is 16.7. The maximum atomic E-state index is 14.0. The summed E-state index contributed by atoms with van der Waals surface area (Å²) in [7, 11) is 0. The third kappa shape index (κ3) is 12.1. The number of hydrogen-bond donors (Lipinski definition) is 7. The average molecular weight is 675 g/mol. The first-order chi connectivity index (χ1) is 22.4. The van der Waals surface area contributed by atoms with E-state index in [0.717, 1.165) is 0 Å². The van der Waals surface area contributed by atoms with Crippen molar-refractivity contribution in [2.24, 2.45) is 23.5 Å². The van der Waals surface area contributed by atoms with Gasteiger partial charge in [0, 0.05) is 13.0 Å². The normalized spacial score (nSPS) is 17.7. The number of carboxylic acid groups (broad SMARTS) is 1. The van der Waals surface area contributed by atoms with E-state index in [4.69, 9.17) is 5.73 Å². The van der Waals surface area contributed by atoms with Crippen molar-refractivity contribution in [3.63, 3.8) is 0 Å². The number of phenols is 1. The lowest BCUT2D eigenvalue weighted by Crippen LogP contribution is -2.59. The second-order valence-corrected chi connectivity index (χ2v) is 13.9. The van der Waals surface area contributed by atoms with E-state index in [1.165, 1.54) is 24.0 Å². The largest absolute Gasteiger partial charge is 0.508 e. The molecule has 0 spiro atoms. The molecule has 0 radical (unpaired) electrons. The molecule has 0 saturated carbocycles. The molecule has 1 aliphatic rings. The van der Waals surface area contributed by atoms with Crippen LogP contribution < -0.4 is 27.0 Å². The second kappa shape index (κ2) is 18.4. The van der Waals surface area contributed by atoms with Crippen LogP contribution in [0.25, 0.3) is 0 Å². The van der Waals surface area contributed by atoms with Crippen molar-refractivity contribution in [1.82, 2.24) is 26.2 Å². The zero-order valence-corrected chi connectivity index (χ0v) is 29.1. The molecule has 14 nitrogen and oxygen atoms in total. The summed E-state index contributed by atoms with van der Waals surface area (Å²) in [5.41, 5.74) is 6.31. The van der Waals surface area contributed by atoms with Gasteiger partial charge in [-0.1, -0.05) is 53.7 Å². The Hall–Kier alpha value is -4.20. The van der Waals surface area contributed by atoms with Crippen molar-refractivity contribution >= 4 is 35.5 Å². The van der Waals surface area contributed by atoms with Crippen molar-refractivity contribution in [2.75, 3.05) is 6.54 Å². The zero-order chi connectivity index (χ0) is 36.3. The highest BCUT2D eigenvalue weighted by molar-refractivity contribution is 5.96. The highest BCUT2D eigenvalue weighted by Crippen LogP contribution is 2.22. The van der Waals surface area contributed by atoms with E-state index in [9.17, 15) is 39.0 Å². The number of hydrogen-bond acceptors (Lipinski definition) is 8. The Balaban J connectivity index is 2.31. The van der Waals surface area contributed by atoms with Crippen LogP contribution in [0.15, 0.2) is 24.3 Å². The molecule has 5 amide bonds. The molecular formula is C34H54N6O8. The number of benzene rings is 1. The number of phenolic OH excluding ortho intramolecular Hbond substituents is 1. The molecule has 1 saturated heterocycles. The number of likely N-dealkylation sites (tertiary alicyclic amines) is 1. The molecule has 0 aromatic heterocycles. The lowest BCUT2D eigenvalue weighted by atomic mass is 9.99. The molecule has 1 fully saturated rings. The second-order valence-electron chi connectivity index (χ2n) is 13.9. The summed E-state index contributed by atoms with van der Waals surface area (Å²) in [6.45, 7) is 12.7. The molecule has 8 N–H and O–H groups in total. The summed E-state index contributed by atoms with van der Waals surface area (Å²) in [5, 5.41) is 30.1. The standard InChI is InChI=1S/C34H54N6O8/c1-18(2)15-24(36-29(42)21(7)35)30(43)38-26(16-19(3)4)33(46)40-14-8-9-27(40)32(45)37-25(17-22-10-12-23(41)13-11-22)31(44)39-28(20(5)6)34(47)48/h10-13,18-21,24-28,41H,8-9,14-17,35H2,1-7H3,(H,36,42)(H,37,45)(H,38,43)(H,39,44)(H,47,48)/t21-,24-,25-,26-,27-,28-/m0/s1. The van der Waals surface area contributed by atoms with Crippen LogP contribution in [-0.2, 0) is 35.2 Å². The molecule has 2 rings (SSSR count). The quantitative estimate of drug-likeness (QED) is 0.125. The number of aliphatic carboxylic acids is 1. The maximum Gasteiger partial charge on any atom is 0.326 e. The first-order valence-electron chi connectivity index (χ1n) is 16.7. The molecule has 14 heteroatoms. The van der Waals surface area contributed by atoms with Crippen LogP contribution in [0.3, 0.4) is 0 Å². The van der Waals surface area contributed by atoms with Crippen LogP contribution in [0.4, 0.5) is 0 Å². The van der Waals surface area contributed by atoms with Crippen molar-refractivity contribution in [1.29, 1.82) is 0 Å². The number of carbonyl (C=O) groups excluding carboxylic acids is 5. The fourth-order valence-corrected chi connectivity index (χ4v) is 5.59. The number of rotatable bonds is 17. The van der Waals surface area contributed by atoms with Crippen LogP contribution in [0.2, 0.25) is 0 Å². The van der Waals surface area contributed by atoms with Crippen LogP contribution in [-0.4, -0.2) is 93.4 Å². The average Bonchev–Trinajstić information content (AvgIpc) is 3.48. The van der Waals surface area contributed by atoms with Crippen molar-refractivity contribution in [3.8, 4) is 5.75 Å². The highest BCUT2D eigenvalue weighted by atomic mass is 16.4. The summed E-state index contributed by atoms with van der Waals surface area (Å²) in [6, 6.07) is 0.0152. The van der Waals surface area contributed by atoms with Gasteiger partial charge in [0.1, 0.15) is 36.0 Å². The Labute approximate surface area is 283 Å². The predicted molar refractivity (Wildman–Crippen MR) is 179 cm³/mol. The van der Waals surface area contributed by atoms with Crippen molar-refractivity contribution < 1.29 is 39.0 Å². The predicted octanol–water partition coefficient (Wildman–Crippen LogP) is 1.04. The molecule has 6 atom stereocenters. The summed E-state index contributed by atoms with van der Waals surface area (Å²) in [4.78, 5) is 80.2. The maximum absolute atomic E-state index is 14.0. The minimum absolute atomic E-state index is 0.000632. The molecule has 1 heterocycles. The van der Waals surface area contributed by atoms with Gasteiger partial charge in [-0.2, -0.15) is 0 Å². The molecule has 268 valence electrons. The van der Waals surface area contributed by atoms with Gasteiger partial charge in [0.15, 0.2) is 0 Å². The van der Waals surface area contributed by atoms with Crippen LogP contribution in [0.1, 0.15) is 79.7 Å². The van der Waals surface area contributed by atoms with Gasteiger partial charge < -0.3 is 42.1 Å². The third-order valence-electron chi connectivity index (χ3n) is 8.15. The van der Waals surface area contributed by atoms with E-state index in [2.05, 4.69) is 21.3 Å². The topological polar surface area (TPSA) is 220 Å². The summed E-state index contributed by atoms with van der Waals surface area (Å²) in [5.74, 6) is -4.35. The number of nitrogens with two attached hydrogens (primary N) is 1. The summed E-state index contributed by atoms with van der Waals surface area (Å²) in [6.07, 6.45) is 1.43. The fourth-order valence-electron chi connectivity index (χ4n) is 5.59. The summed E-state index contributed by atoms with van der Waals surface area (Å²) < 4.78 is 0. The molecule has 1 aliphatic heterocycles. The molecule has 1 aromatic rings. The van der Waals surface area contributed by atoms with Gasteiger partial charge in [0.2, 0.25) is 29.5 Å². The van der Waals surface area contributed by atoms with Gasteiger partial charge in [-0.25, -0.2) is 4.79 Å². The lowest BCUT2D eigenvalue weighted by Gasteiger charge is -2.31. The number of carboxylic acids is 1. The third-order valence-corrected chi connectivity index (χ3v) is 8.15. The molecule has 0 bridgehead atoms. The van der Waals surface area contributed by atoms with E-state index in [1.54, 1.807) is 26.0 Å². The molecule has 0 aliphatic carbocycles. The van der Waals surface area contributed by atoms with Crippen LogP contribution in [0, 0.1) is 17.8 Å². The van der Waals surface area contributed by atoms with Gasteiger partial charge in [-0.15, -0.1) is 0 Å². The Morgan fingerprint density at radius 3 is 1.85 bits per heavy atom. The van der Waals surface area contributed by atoms with Crippen LogP contribution in [0.5, 0.6) is 5.75 Å². The van der Waals surface area contributed by atoms with E-state index in [0.29, 0.717) is 24.8 Å². The lowest BCUT2D eigenvalue weighted by molar-refractivity contribution is -0.144.